The standard InChI is InChI=1S/C21H30O8/c1-8-4-5-11-9(2)20(26)29-19(11)15-10(3)13(6-12(8)15)27-21-18(25)17(24)16(23)14(7-22)28-21/h9,11-19,21-25H,1,3-7H2,2H3/t9-,11?,12?,13-,14+,15?,16+,17-,18+,19?,21+/m0/s1. The van der Waals surface area contributed by atoms with Gasteiger partial charge in [0, 0.05) is 11.8 Å². The first-order valence-electron chi connectivity index (χ1n) is 10.3. The SMILES string of the molecule is C=C1CCC2C(OC(=O)[C@H]2C)C2C(=C)[C@@H](O[C@@H]3O[C@H](CO)[C@@H](O)[C@H](O)[C@H]3O)CC12. The Morgan fingerprint density at radius 1 is 1.17 bits per heavy atom. The summed E-state index contributed by atoms with van der Waals surface area (Å²) in [5, 5.41) is 39.6. The average Bonchev–Trinajstić information content (AvgIpc) is 3.11. The van der Waals surface area contributed by atoms with E-state index in [9.17, 15) is 25.2 Å². The first kappa shape index (κ1) is 21.0. The molecule has 11 atom stereocenters. The molecule has 0 aromatic carbocycles. The zero-order valence-corrected chi connectivity index (χ0v) is 16.5. The third kappa shape index (κ3) is 3.36. The lowest BCUT2D eigenvalue weighted by molar-refractivity contribution is -0.308. The van der Waals surface area contributed by atoms with Crippen LogP contribution in [0.15, 0.2) is 24.3 Å². The number of hydrogen-bond donors (Lipinski definition) is 4. The molecule has 2 aliphatic carbocycles. The number of aliphatic hydroxyl groups is 4. The third-order valence-corrected chi connectivity index (χ3v) is 7.26. The molecule has 8 heteroatoms. The van der Waals surface area contributed by atoms with Crippen LogP contribution in [0.25, 0.3) is 0 Å². The summed E-state index contributed by atoms with van der Waals surface area (Å²) in [6.07, 6.45) is -5.18. The Labute approximate surface area is 169 Å². The van der Waals surface area contributed by atoms with Gasteiger partial charge in [-0.15, -0.1) is 0 Å². The number of rotatable bonds is 3. The normalized spacial score (nSPS) is 50.1. The molecule has 0 bridgehead atoms. The molecule has 0 spiro atoms. The minimum atomic E-state index is -1.50. The van der Waals surface area contributed by atoms with Crippen LogP contribution in [0.5, 0.6) is 0 Å². The quantitative estimate of drug-likeness (QED) is 0.375. The van der Waals surface area contributed by atoms with Gasteiger partial charge >= 0.3 is 5.97 Å². The van der Waals surface area contributed by atoms with Crippen LogP contribution >= 0.6 is 0 Å². The lowest BCUT2D eigenvalue weighted by Crippen LogP contribution is -2.59. The Balaban J connectivity index is 1.53. The van der Waals surface area contributed by atoms with Gasteiger partial charge in [0.25, 0.3) is 0 Å². The van der Waals surface area contributed by atoms with E-state index in [0.29, 0.717) is 6.42 Å². The molecule has 4 aliphatic rings. The van der Waals surface area contributed by atoms with Crippen LogP contribution in [0.4, 0.5) is 0 Å². The second kappa shape index (κ2) is 7.76. The van der Waals surface area contributed by atoms with Crippen molar-refractivity contribution in [2.45, 2.75) is 69.1 Å². The van der Waals surface area contributed by atoms with Crippen molar-refractivity contribution in [2.75, 3.05) is 6.61 Å². The minimum absolute atomic E-state index is 0.0467. The Hall–Kier alpha value is -1.29. The van der Waals surface area contributed by atoms with Gasteiger partial charge in [0.05, 0.1) is 18.6 Å². The maximum atomic E-state index is 12.2. The number of carbonyl (C=O) groups is 1. The summed E-state index contributed by atoms with van der Waals surface area (Å²) >= 11 is 0. The van der Waals surface area contributed by atoms with E-state index < -0.39 is 43.4 Å². The molecule has 2 saturated heterocycles. The van der Waals surface area contributed by atoms with Crippen molar-refractivity contribution in [1.29, 1.82) is 0 Å². The molecule has 2 aliphatic heterocycles. The monoisotopic (exact) mass is 410 g/mol. The van der Waals surface area contributed by atoms with E-state index in [1.54, 1.807) is 0 Å². The largest absolute Gasteiger partial charge is 0.461 e. The van der Waals surface area contributed by atoms with E-state index in [2.05, 4.69) is 13.2 Å². The molecule has 0 radical (unpaired) electrons. The van der Waals surface area contributed by atoms with Crippen LogP contribution in [0.2, 0.25) is 0 Å². The Bertz CT molecular complexity index is 690. The van der Waals surface area contributed by atoms with Gasteiger partial charge in [-0.05, 0) is 30.8 Å². The summed E-state index contributed by atoms with van der Waals surface area (Å²) in [5.74, 6) is -0.302. The molecule has 4 fully saturated rings. The highest BCUT2D eigenvalue weighted by Gasteiger charge is 2.55. The molecule has 8 nitrogen and oxygen atoms in total. The van der Waals surface area contributed by atoms with E-state index in [-0.39, 0.29) is 35.7 Å². The molecular weight excluding hydrogens is 380 g/mol. The molecule has 4 N–H and O–H groups in total. The molecule has 29 heavy (non-hydrogen) atoms. The average molecular weight is 410 g/mol. The van der Waals surface area contributed by atoms with Gasteiger partial charge in [-0.3, -0.25) is 4.79 Å². The van der Waals surface area contributed by atoms with Crippen molar-refractivity contribution in [2.24, 2.45) is 23.7 Å². The number of carbonyl (C=O) groups excluding carboxylic acids is 1. The molecule has 2 saturated carbocycles. The van der Waals surface area contributed by atoms with E-state index in [1.807, 2.05) is 6.92 Å². The second-order valence-electron chi connectivity index (χ2n) is 8.82. The van der Waals surface area contributed by atoms with E-state index in [1.165, 1.54) is 0 Å². The van der Waals surface area contributed by atoms with Gasteiger partial charge in [0.1, 0.15) is 30.5 Å². The van der Waals surface area contributed by atoms with E-state index >= 15 is 0 Å². The van der Waals surface area contributed by atoms with Gasteiger partial charge in [-0.2, -0.15) is 0 Å². The highest BCUT2D eigenvalue weighted by molar-refractivity contribution is 5.75. The number of hydrogen-bond acceptors (Lipinski definition) is 8. The summed E-state index contributed by atoms with van der Waals surface area (Å²) in [6, 6.07) is 0. The van der Waals surface area contributed by atoms with Crippen molar-refractivity contribution in [1.82, 2.24) is 0 Å². The Morgan fingerprint density at radius 2 is 1.90 bits per heavy atom. The van der Waals surface area contributed by atoms with E-state index in [4.69, 9.17) is 14.2 Å². The highest BCUT2D eigenvalue weighted by atomic mass is 16.7. The van der Waals surface area contributed by atoms with Gasteiger partial charge in [0.15, 0.2) is 6.29 Å². The van der Waals surface area contributed by atoms with Crippen LogP contribution in [-0.2, 0) is 19.0 Å². The van der Waals surface area contributed by atoms with Gasteiger partial charge in [0.2, 0.25) is 0 Å². The lowest BCUT2D eigenvalue weighted by Gasteiger charge is -2.40. The van der Waals surface area contributed by atoms with Crippen LogP contribution in [0.3, 0.4) is 0 Å². The summed E-state index contributed by atoms with van der Waals surface area (Å²) in [5.41, 5.74) is 1.83. The number of allylic oxidation sites excluding steroid dienone is 1. The highest BCUT2D eigenvalue weighted by Crippen LogP contribution is 2.53. The molecule has 4 unspecified atom stereocenters. The van der Waals surface area contributed by atoms with Crippen molar-refractivity contribution in [3.05, 3.63) is 24.3 Å². The molecule has 162 valence electrons. The molecular formula is C21H30O8. The van der Waals surface area contributed by atoms with Crippen molar-refractivity contribution < 1.29 is 39.4 Å². The zero-order valence-electron chi connectivity index (χ0n) is 16.5. The fourth-order valence-corrected chi connectivity index (χ4v) is 5.43. The Kier molecular flexibility index (Phi) is 5.61. The van der Waals surface area contributed by atoms with Crippen molar-refractivity contribution in [3.63, 3.8) is 0 Å². The number of aliphatic hydroxyl groups excluding tert-OH is 4. The van der Waals surface area contributed by atoms with Crippen molar-refractivity contribution in [3.8, 4) is 0 Å². The first-order valence-corrected chi connectivity index (χ1v) is 10.3. The molecule has 0 aromatic rings. The summed E-state index contributed by atoms with van der Waals surface area (Å²) in [7, 11) is 0. The molecule has 2 heterocycles. The number of esters is 1. The first-order chi connectivity index (χ1) is 13.7. The molecule has 4 rings (SSSR count). The predicted molar refractivity (Wildman–Crippen MR) is 100 cm³/mol. The van der Waals surface area contributed by atoms with Crippen LogP contribution < -0.4 is 0 Å². The second-order valence-corrected chi connectivity index (χ2v) is 8.82. The Morgan fingerprint density at radius 3 is 2.59 bits per heavy atom. The van der Waals surface area contributed by atoms with Crippen molar-refractivity contribution >= 4 is 5.97 Å². The topological polar surface area (TPSA) is 126 Å². The molecule has 0 amide bonds. The van der Waals surface area contributed by atoms with E-state index in [0.717, 1.165) is 24.0 Å². The number of fused-ring (bicyclic) bond motifs is 3. The minimum Gasteiger partial charge on any atom is -0.461 e. The predicted octanol–water partition coefficient (Wildman–Crippen LogP) is -0.109. The number of ether oxygens (including phenoxy) is 3. The fourth-order valence-electron chi connectivity index (χ4n) is 5.43. The maximum Gasteiger partial charge on any atom is 0.309 e. The lowest BCUT2D eigenvalue weighted by atomic mass is 9.80. The summed E-state index contributed by atoms with van der Waals surface area (Å²) in [6.45, 7) is 9.84. The summed E-state index contributed by atoms with van der Waals surface area (Å²) in [4.78, 5) is 12.2. The van der Waals surface area contributed by atoms with Crippen LogP contribution in [0, 0.1) is 23.7 Å². The maximum absolute atomic E-state index is 12.2. The summed E-state index contributed by atoms with van der Waals surface area (Å²) < 4.78 is 17.2. The van der Waals surface area contributed by atoms with Crippen LogP contribution in [-0.4, -0.2) is 75.9 Å². The fraction of sp³-hybridized carbons (Fsp3) is 0.762. The van der Waals surface area contributed by atoms with Gasteiger partial charge in [-0.1, -0.05) is 25.7 Å². The van der Waals surface area contributed by atoms with Gasteiger partial charge in [-0.25, -0.2) is 0 Å². The third-order valence-electron chi connectivity index (χ3n) is 7.26. The van der Waals surface area contributed by atoms with Gasteiger partial charge < -0.3 is 34.6 Å². The van der Waals surface area contributed by atoms with Crippen LogP contribution in [0.1, 0.15) is 26.2 Å². The zero-order chi connectivity index (χ0) is 21.0. The smallest absolute Gasteiger partial charge is 0.309 e. The molecule has 0 aromatic heterocycles.